The topological polar surface area (TPSA) is 43.4 Å². The van der Waals surface area contributed by atoms with Crippen LogP contribution < -0.4 is 0 Å². The molecule has 90 valence electrons. The van der Waals surface area contributed by atoms with Crippen molar-refractivity contribution in [2.75, 3.05) is 7.11 Å². The zero-order valence-electron chi connectivity index (χ0n) is 9.94. The van der Waals surface area contributed by atoms with Crippen LogP contribution in [0, 0.1) is 5.92 Å². The van der Waals surface area contributed by atoms with Crippen molar-refractivity contribution in [3.8, 4) is 0 Å². The summed E-state index contributed by atoms with van der Waals surface area (Å²) in [6.07, 6.45) is 2.18. The van der Waals surface area contributed by atoms with Crippen molar-refractivity contribution in [1.82, 2.24) is 0 Å². The van der Waals surface area contributed by atoms with Gasteiger partial charge in [-0.05, 0) is 24.0 Å². The predicted octanol–water partition coefficient (Wildman–Crippen LogP) is 1.92. The highest BCUT2D eigenvalue weighted by molar-refractivity contribution is 5.86. The van der Waals surface area contributed by atoms with Gasteiger partial charge in [0.1, 0.15) is 5.78 Å². The van der Waals surface area contributed by atoms with Gasteiger partial charge in [-0.25, -0.2) is 0 Å². The summed E-state index contributed by atoms with van der Waals surface area (Å²) in [5.41, 5.74) is 2.37. The van der Waals surface area contributed by atoms with E-state index in [0.717, 1.165) is 12.0 Å². The number of hydrogen-bond donors (Lipinski definition) is 0. The number of ketones is 1. The van der Waals surface area contributed by atoms with E-state index in [1.54, 1.807) is 0 Å². The minimum atomic E-state index is -0.239. The molecule has 2 rings (SSSR count). The molecule has 0 radical (unpaired) electrons. The molecule has 0 saturated carbocycles. The van der Waals surface area contributed by atoms with Crippen LogP contribution in [-0.2, 0) is 27.2 Å². The summed E-state index contributed by atoms with van der Waals surface area (Å²) in [6.45, 7) is 0. The molecule has 3 nitrogen and oxygen atoms in total. The van der Waals surface area contributed by atoms with E-state index in [-0.39, 0.29) is 17.7 Å². The van der Waals surface area contributed by atoms with E-state index >= 15 is 0 Å². The number of hydrogen-bond acceptors (Lipinski definition) is 3. The second kappa shape index (κ2) is 5.13. The molecule has 1 aliphatic rings. The minimum absolute atomic E-state index is 0.0241. The first-order valence-corrected chi connectivity index (χ1v) is 5.87. The molecule has 0 bridgehead atoms. The molecule has 1 aromatic rings. The molecule has 0 N–H and O–H groups in total. The second-order valence-corrected chi connectivity index (χ2v) is 4.43. The number of Topliss-reactive ketones (excluding diaryl/α,β-unsaturated/α-hetero) is 1. The highest BCUT2D eigenvalue weighted by Crippen LogP contribution is 2.25. The monoisotopic (exact) mass is 232 g/mol. The van der Waals surface area contributed by atoms with Crippen LogP contribution in [0.25, 0.3) is 0 Å². The van der Waals surface area contributed by atoms with Gasteiger partial charge >= 0.3 is 5.97 Å². The molecule has 1 atom stereocenters. The minimum Gasteiger partial charge on any atom is -0.469 e. The molecule has 17 heavy (non-hydrogen) atoms. The normalized spacial score (nSPS) is 18.6. The zero-order valence-corrected chi connectivity index (χ0v) is 9.94. The Hall–Kier alpha value is -1.64. The third-order valence-electron chi connectivity index (χ3n) is 3.33. The average molecular weight is 232 g/mol. The highest BCUT2D eigenvalue weighted by Gasteiger charge is 2.26. The molecule has 3 heteroatoms. The van der Waals surface area contributed by atoms with Crippen LogP contribution in [0.15, 0.2) is 24.3 Å². The van der Waals surface area contributed by atoms with E-state index in [0.29, 0.717) is 19.3 Å². The number of benzene rings is 1. The largest absolute Gasteiger partial charge is 0.469 e. The molecule has 1 aromatic carbocycles. The summed E-state index contributed by atoms with van der Waals surface area (Å²) < 4.78 is 4.60. The van der Waals surface area contributed by atoms with Crippen molar-refractivity contribution < 1.29 is 14.3 Å². The SMILES string of the molecule is COC(=O)CCC1Cc2ccccc2CC1=O. The lowest BCUT2D eigenvalue weighted by atomic mass is 9.81. The van der Waals surface area contributed by atoms with Gasteiger partial charge in [0.05, 0.1) is 7.11 Å². The van der Waals surface area contributed by atoms with Gasteiger partial charge in [0.2, 0.25) is 0 Å². The van der Waals surface area contributed by atoms with Crippen molar-refractivity contribution >= 4 is 11.8 Å². The molecule has 1 unspecified atom stereocenters. The highest BCUT2D eigenvalue weighted by atomic mass is 16.5. The Morgan fingerprint density at radius 3 is 2.76 bits per heavy atom. The third kappa shape index (κ3) is 2.73. The summed E-state index contributed by atoms with van der Waals surface area (Å²) in [7, 11) is 1.38. The number of carbonyl (C=O) groups excluding carboxylic acids is 2. The first kappa shape index (κ1) is 11.8. The van der Waals surface area contributed by atoms with E-state index < -0.39 is 0 Å². The molecule has 0 saturated heterocycles. The first-order chi connectivity index (χ1) is 8.20. The molecular weight excluding hydrogens is 216 g/mol. The van der Waals surface area contributed by atoms with Crippen LogP contribution in [0.1, 0.15) is 24.0 Å². The quantitative estimate of drug-likeness (QED) is 0.748. The van der Waals surface area contributed by atoms with Gasteiger partial charge in [0.15, 0.2) is 0 Å². The number of fused-ring (bicyclic) bond motifs is 1. The maximum atomic E-state index is 11.9. The summed E-state index contributed by atoms with van der Waals surface area (Å²) in [5, 5.41) is 0. The van der Waals surface area contributed by atoms with Crippen LogP contribution in [0.5, 0.6) is 0 Å². The van der Waals surface area contributed by atoms with Crippen LogP contribution >= 0.6 is 0 Å². The zero-order chi connectivity index (χ0) is 12.3. The fourth-order valence-electron chi connectivity index (χ4n) is 2.30. The number of methoxy groups -OCH3 is 1. The Kier molecular flexibility index (Phi) is 3.57. The average Bonchev–Trinajstić information content (AvgIpc) is 2.35. The van der Waals surface area contributed by atoms with Gasteiger partial charge < -0.3 is 4.74 Å². The molecule has 0 fully saturated rings. The van der Waals surface area contributed by atoms with Crippen molar-refractivity contribution in [2.24, 2.45) is 5.92 Å². The Morgan fingerprint density at radius 2 is 2.06 bits per heavy atom. The van der Waals surface area contributed by atoms with Gasteiger partial charge in [-0.1, -0.05) is 24.3 Å². The number of rotatable bonds is 3. The van der Waals surface area contributed by atoms with Crippen LogP contribution in [0.4, 0.5) is 0 Å². The Labute approximate surface area is 101 Å². The van der Waals surface area contributed by atoms with E-state index in [9.17, 15) is 9.59 Å². The molecule has 0 spiro atoms. The summed E-state index contributed by atoms with van der Waals surface area (Å²) in [6, 6.07) is 8.02. The van der Waals surface area contributed by atoms with Crippen LogP contribution in [0.2, 0.25) is 0 Å². The maximum absolute atomic E-state index is 11.9. The Bertz CT molecular complexity index is 437. The van der Waals surface area contributed by atoms with E-state index in [1.807, 2.05) is 18.2 Å². The van der Waals surface area contributed by atoms with Crippen LogP contribution in [0.3, 0.4) is 0 Å². The second-order valence-electron chi connectivity index (χ2n) is 4.43. The predicted molar refractivity (Wildman–Crippen MR) is 63.6 cm³/mol. The summed E-state index contributed by atoms with van der Waals surface area (Å²) in [4.78, 5) is 23.0. The van der Waals surface area contributed by atoms with Gasteiger partial charge in [0, 0.05) is 18.8 Å². The van der Waals surface area contributed by atoms with Gasteiger partial charge in [0.25, 0.3) is 0 Å². The van der Waals surface area contributed by atoms with Gasteiger partial charge in [-0.15, -0.1) is 0 Å². The van der Waals surface area contributed by atoms with Crippen molar-refractivity contribution in [3.05, 3.63) is 35.4 Å². The van der Waals surface area contributed by atoms with Crippen molar-refractivity contribution in [2.45, 2.75) is 25.7 Å². The summed E-state index contributed by atoms with van der Waals surface area (Å²) >= 11 is 0. The number of ether oxygens (including phenoxy) is 1. The number of esters is 1. The molecule has 0 heterocycles. The van der Waals surface area contributed by atoms with Crippen molar-refractivity contribution in [3.63, 3.8) is 0 Å². The lowest BCUT2D eigenvalue weighted by molar-refractivity contribution is -0.141. The van der Waals surface area contributed by atoms with Crippen molar-refractivity contribution in [1.29, 1.82) is 0 Å². The van der Waals surface area contributed by atoms with Crippen LogP contribution in [-0.4, -0.2) is 18.9 Å². The Balaban J connectivity index is 2.02. The van der Waals surface area contributed by atoms with Gasteiger partial charge in [-0.2, -0.15) is 0 Å². The Morgan fingerprint density at radius 1 is 1.35 bits per heavy atom. The van der Waals surface area contributed by atoms with E-state index in [4.69, 9.17) is 0 Å². The molecule has 0 aromatic heterocycles. The molecular formula is C14H16O3. The molecule has 1 aliphatic carbocycles. The molecule has 0 amide bonds. The fraction of sp³-hybridized carbons (Fsp3) is 0.429. The van der Waals surface area contributed by atoms with E-state index in [2.05, 4.69) is 10.8 Å². The maximum Gasteiger partial charge on any atom is 0.305 e. The summed E-state index contributed by atoms with van der Waals surface area (Å²) in [5.74, 6) is -0.0201. The lowest BCUT2D eigenvalue weighted by Gasteiger charge is -2.22. The van der Waals surface area contributed by atoms with Gasteiger partial charge in [-0.3, -0.25) is 9.59 Å². The number of carbonyl (C=O) groups is 2. The standard InChI is InChI=1S/C14H16O3/c1-17-14(16)7-6-12-8-10-4-2-3-5-11(10)9-13(12)15/h2-5,12H,6-9H2,1H3. The smallest absolute Gasteiger partial charge is 0.305 e. The first-order valence-electron chi connectivity index (χ1n) is 5.87. The lowest BCUT2D eigenvalue weighted by Crippen LogP contribution is -2.26. The molecule has 0 aliphatic heterocycles. The van der Waals surface area contributed by atoms with E-state index in [1.165, 1.54) is 12.7 Å². The third-order valence-corrected chi connectivity index (χ3v) is 3.33. The fourth-order valence-corrected chi connectivity index (χ4v) is 2.30.